The topological polar surface area (TPSA) is 73.7 Å². The number of anilines is 1. The zero-order valence-electron chi connectivity index (χ0n) is 17.9. The quantitative estimate of drug-likeness (QED) is 0.565. The normalized spacial score (nSPS) is 14.8. The van der Waals surface area contributed by atoms with Crippen molar-refractivity contribution in [3.05, 3.63) is 75.8 Å². The first kappa shape index (κ1) is 21.7. The van der Waals surface area contributed by atoms with E-state index >= 15 is 0 Å². The molecule has 0 saturated carbocycles. The van der Waals surface area contributed by atoms with Crippen molar-refractivity contribution in [3.8, 4) is 22.8 Å². The average molecular weight is 469 g/mol. The molecule has 3 aromatic rings. The summed E-state index contributed by atoms with van der Waals surface area (Å²) >= 11 is 0. The lowest BCUT2D eigenvalue weighted by atomic mass is 10.0. The van der Waals surface area contributed by atoms with Gasteiger partial charge in [0.15, 0.2) is 11.5 Å². The van der Waals surface area contributed by atoms with Crippen molar-refractivity contribution in [2.45, 2.75) is 26.2 Å². The second kappa shape index (κ2) is 8.05. The van der Waals surface area contributed by atoms with Gasteiger partial charge in [-0.25, -0.2) is 9.07 Å². The number of carbonyl (C=O) groups excluding carboxylic acids is 1. The highest BCUT2D eigenvalue weighted by Crippen LogP contribution is 2.42. The fourth-order valence-corrected chi connectivity index (χ4v) is 4.08. The molecule has 7 nitrogen and oxygen atoms in total. The zero-order valence-corrected chi connectivity index (χ0v) is 17.9. The highest BCUT2D eigenvalue weighted by Gasteiger charge is 2.43. The third kappa shape index (κ3) is 3.81. The highest BCUT2D eigenvalue weighted by atomic mass is 19.3. The molecule has 174 valence electrons. The van der Waals surface area contributed by atoms with Crippen LogP contribution in [-0.2, 0) is 17.8 Å². The first-order valence-corrected chi connectivity index (χ1v) is 10.5. The van der Waals surface area contributed by atoms with Gasteiger partial charge in [-0.2, -0.15) is 5.10 Å². The highest BCUT2D eigenvalue weighted by molar-refractivity contribution is 5.93. The van der Waals surface area contributed by atoms with Crippen molar-refractivity contribution in [1.82, 2.24) is 9.78 Å². The standard InChI is InChI=1S/C24H18F3N3O4/c1-2-29(16-9-10-19-20(12-16)34-24(26,27)33-19)21(31)13-30-23(32)18-8-4-7-17(18)22(28-30)14-5-3-6-15(25)11-14/h3-7,9-12H,2,8,13H2,1H3. The maximum Gasteiger partial charge on any atom is 0.586 e. The fraction of sp³-hybridized carbons (Fsp3) is 0.208. The first-order chi connectivity index (χ1) is 16.3. The van der Waals surface area contributed by atoms with Crippen molar-refractivity contribution in [2.75, 3.05) is 11.4 Å². The molecule has 0 radical (unpaired) electrons. The van der Waals surface area contributed by atoms with E-state index in [1.165, 1.54) is 35.2 Å². The molecule has 1 amide bonds. The van der Waals surface area contributed by atoms with Crippen LogP contribution in [0.1, 0.15) is 18.1 Å². The lowest BCUT2D eigenvalue weighted by molar-refractivity contribution is -0.286. The smallest absolute Gasteiger partial charge is 0.395 e. The maximum absolute atomic E-state index is 13.8. The van der Waals surface area contributed by atoms with E-state index in [1.54, 1.807) is 25.1 Å². The van der Waals surface area contributed by atoms with Crippen LogP contribution in [0.3, 0.4) is 0 Å². The summed E-state index contributed by atoms with van der Waals surface area (Å²) in [6.07, 6.45) is 0.173. The van der Waals surface area contributed by atoms with Gasteiger partial charge in [0.1, 0.15) is 12.4 Å². The number of allylic oxidation sites excluding steroid dienone is 1. The molecule has 2 aliphatic rings. The Morgan fingerprint density at radius 1 is 1.18 bits per heavy atom. The third-order valence-corrected chi connectivity index (χ3v) is 5.60. The van der Waals surface area contributed by atoms with Crippen LogP contribution in [0.4, 0.5) is 18.9 Å². The maximum atomic E-state index is 13.8. The second-order valence-corrected chi connectivity index (χ2v) is 7.76. The lowest BCUT2D eigenvalue weighted by Gasteiger charge is -2.22. The molecule has 34 heavy (non-hydrogen) atoms. The summed E-state index contributed by atoms with van der Waals surface area (Å²) in [7, 11) is 0. The van der Waals surface area contributed by atoms with E-state index in [9.17, 15) is 22.8 Å². The van der Waals surface area contributed by atoms with E-state index in [2.05, 4.69) is 14.6 Å². The zero-order chi connectivity index (χ0) is 24.0. The molecule has 5 rings (SSSR count). The van der Waals surface area contributed by atoms with Gasteiger partial charge in [0.05, 0.1) is 5.69 Å². The number of benzene rings is 2. The Morgan fingerprint density at radius 3 is 2.74 bits per heavy atom. The average Bonchev–Trinajstić information content (AvgIpc) is 3.39. The predicted molar refractivity (Wildman–Crippen MR) is 117 cm³/mol. The predicted octanol–water partition coefficient (Wildman–Crippen LogP) is 3.99. The van der Waals surface area contributed by atoms with Crippen LogP contribution >= 0.6 is 0 Å². The monoisotopic (exact) mass is 469 g/mol. The molecule has 2 heterocycles. The van der Waals surface area contributed by atoms with Crippen molar-refractivity contribution >= 4 is 17.7 Å². The SMILES string of the molecule is CCN(C(=O)Cn1nc(-c2cccc(F)c2)c2c(c1=O)CC=C2)c1ccc2c(c1)OC(F)(F)O2. The van der Waals surface area contributed by atoms with Gasteiger partial charge in [0.2, 0.25) is 5.91 Å². The van der Waals surface area contributed by atoms with Crippen LogP contribution in [0.2, 0.25) is 0 Å². The van der Waals surface area contributed by atoms with E-state index in [-0.39, 0.29) is 18.0 Å². The molecule has 0 unspecified atom stereocenters. The van der Waals surface area contributed by atoms with Crippen LogP contribution in [0.25, 0.3) is 17.3 Å². The Balaban J connectivity index is 1.48. The second-order valence-electron chi connectivity index (χ2n) is 7.76. The number of alkyl halides is 2. The summed E-state index contributed by atoms with van der Waals surface area (Å²) in [5.41, 5.74) is 1.82. The number of likely N-dealkylation sites (N-methyl/N-ethyl adjacent to an activating group) is 1. The molecule has 0 atom stereocenters. The Morgan fingerprint density at radius 2 is 1.97 bits per heavy atom. The Labute approximate surface area is 191 Å². The molecule has 10 heteroatoms. The summed E-state index contributed by atoms with van der Waals surface area (Å²) in [6.45, 7) is 1.51. The van der Waals surface area contributed by atoms with Crippen molar-refractivity contribution in [3.63, 3.8) is 0 Å². The summed E-state index contributed by atoms with van der Waals surface area (Å²) in [5, 5.41) is 4.38. The van der Waals surface area contributed by atoms with Gasteiger partial charge in [-0.3, -0.25) is 9.59 Å². The van der Waals surface area contributed by atoms with Crippen LogP contribution in [0, 0.1) is 5.82 Å². The largest absolute Gasteiger partial charge is 0.586 e. The van der Waals surface area contributed by atoms with E-state index in [0.717, 1.165) is 4.68 Å². The third-order valence-electron chi connectivity index (χ3n) is 5.60. The Hall–Kier alpha value is -4.08. The molecule has 1 aliphatic heterocycles. The Kier molecular flexibility index (Phi) is 5.15. The molecule has 0 spiro atoms. The fourth-order valence-electron chi connectivity index (χ4n) is 4.08. The number of fused-ring (bicyclic) bond motifs is 2. The molecular weight excluding hydrogens is 451 g/mol. The minimum atomic E-state index is -3.77. The van der Waals surface area contributed by atoms with E-state index < -0.39 is 30.1 Å². The van der Waals surface area contributed by atoms with Crippen LogP contribution in [0.15, 0.2) is 53.3 Å². The number of halogens is 3. The van der Waals surface area contributed by atoms with Crippen LogP contribution < -0.4 is 19.9 Å². The van der Waals surface area contributed by atoms with Crippen molar-refractivity contribution < 1.29 is 27.4 Å². The van der Waals surface area contributed by atoms with E-state index in [0.29, 0.717) is 34.5 Å². The summed E-state index contributed by atoms with van der Waals surface area (Å²) < 4.78 is 50.5. The summed E-state index contributed by atoms with van der Waals surface area (Å²) in [4.78, 5) is 27.5. The molecule has 2 aromatic carbocycles. The van der Waals surface area contributed by atoms with Crippen molar-refractivity contribution in [1.29, 1.82) is 0 Å². The molecule has 0 saturated heterocycles. The van der Waals surface area contributed by atoms with Gasteiger partial charge in [-0.15, -0.1) is 8.78 Å². The van der Waals surface area contributed by atoms with Gasteiger partial charge in [-0.05, 0) is 37.6 Å². The van der Waals surface area contributed by atoms with Crippen LogP contribution in [0.5, 0.6) is 11.5 Å². The molecule has 1 aliphatic carbocycles. The number of hydrogen-bond donors (Lipinski definition) is 0. The number of amides is 1. The van der Waals surface area contributed by atoms with Gasteiger partial charge in [0.25, 0.3) is 5.56 Å². The molecule has 1 aromatic heterocycles. The molecule has 0 N–H and O–H groups in total. The first-order valence-electron chi connectivity index (χ1n) is 10.5. The van der Waals surface area contributed by atoms with E-state index in [1.807, 2.05) is 6.08 Å². The minimum absolute atomic E-state index is 0.138. The molecular formula is C24H18F3N3O4. The number of aromatic nitrogens is 2. The number of nitrogens with zero attached hydrogens (tertiary/aromatic N) is 3. The molecule has 0 fully saturated rings. The number of hydrogen-bond acceptors (Lipinski definition) is 5. The number of ether oxygens (including phenoxy) is 2. The van der Waals surface area contributed by atoms with Crippen LogP contribution in [-0.4, -0.2) is 28.5 Å². The number of rotatable bonds is 5. The minimum Gasteiger partial charge on any atom is -0.395 e. The molecule has 0 bridgehead atoms. The lowest BCUT2D eigenvalue weighted by Crippen LogP contribution is -2.38. The van der Waals surface area contributed by atoms with Gasteiger partial charge < -0.3 is 14.4 Å². The van der Waals surface area contributed by atoms with Crippen molar-refractivity contribution in [2.24, 2.45) is 0 Å². The Bertz CT molecular complexity index is 1400. The van der Waals surface area contributed by atoms with E-state index in [4.69, 9.17) is 0 Å². The van der Waals surface area contributed by atoms with Gasteiger partial charge in [0, 0.05) is 35.0 Å². The van der Waals surface area contributed by atoms with Gasteiger partial charge in [-0.1, -0.05) is 24.3 Å². The number of carbonyl (C=O) groups is 1. The summed E-state index contributed by atoms with van der Waals surface area (Å²) in [5.74, 6) is -1.27. The van der Waals surface area contributed by atoms with Gasteiger partial charge >= 0.3 is 6.29 Å². The summed E-state index contributed by atoms with van der Waals surface area (Å²) in [6, 6.07) is 9.85.